The van der Waals surface area contributed by atoms with Crippen molar-refractivity contribution in [3.05, 3.63) is 0 Å². The van der Waals surface area contributed by atoms with Crippen molar-refractivity contribution >= 4 is 10.1 Å². The van der Waals surface area contributed by atoms with E-state index in [-0.39, 0.29) is 0 Å². The second-order valence-electron chi connectivity index (χ2n) is 3.61. The van der Waals surface area contributed by atoms with E-state index in [2.05, 4.69) is 4.18 Å². The lowest BCUT2D eigenvalue weighted by atomic mass is 10.1. The van der Waals surface area contributed by atoms with Gasteiger partial charge in [0.2, 0.25) is 0 Å². The lowest BCUT2D eigenvalue weighted by molar-refractivity contribution is -0.0543. The first-order chi connectivity index (χ1) is 6.67. The Balaban J connectivity index is 3.78. The van der Waals surface area contributed by atoms with Gasteiger partial charge in [-0.25, -0.2) is 0 Å². The van der Waals surface area contributed by atoms with Crippen LogP contribution in [0.1, 0.15) is 33.1 Å². The van der Waals surface area contributed by atoms with Crippen LogP contribution in [0, 0.1) is 5.92 Å². The van der Waals surface area contributed by atoms with Crippen molar-refractivity contribution in [1.29, 1.82) is 0 Å². The summed E-state index contributed by atoms with van der Waals surface area (Å²) in [5.41, 5.74) is -5.31. The molecule has 0 fully saturated rings. The van der Waals surface area contributed by atoms with Crippen molar-refractivity contribution in [3.8, 4) is 0 Å². The molecule has 15 heavy (non-hydrogen) atoms. The number of rotatable bonds is 6. The highest BCUT2D eigenvalue weighted by molar-refractivity contribution is 7.87. The molecule has 0 radical (unpaired) electrons. The summed E-state index contributed by atoms with van der Waals surface area (Å²) in [5.74, 6) is 0.448. The summed E-state index contributed by atoms with van der Waals surface area (Å²) in [5, 5.41) is 0. The monoisotopic (exact) mass is 248 g/mol. The summed E-state index contributed by atoms with van der Waals surface area (Å²) < 4.78 is 59.9. The van der Waals surface area contributed by atoms with Gasteiger partial charge in [-0.05, 0) is 12.3 Å². The molecule has 0 spiro atoms. The molecule has 0 aliphatic heterocycles. The average Bonchev–Trinajstić information content (AvgIpc) is 2.00. The van der Waals surface area contributed by atoms with Crippen molar-refractivity contribution in [2.75, 3.05) is 6.61 Å². The van der Waals surface area contributed by atoms with E-state index in [9.17, 15) is 21.6 Å². The van der Waals surface area contributed by atoms with Crippen LogP contribution in [-0.2, 0) is 14.3 Å². The molecule has 0 aliphatic rings. The molecule has 92 valence electrons. The van der Waals surface area contributed by atoms with E-state index in [0.29, 0.717) is 18.8 Å². The number of hydrogen-bond donors (Lipinski definition) is 0. The SMILES string of the molecule is CC(C)CCCCOS(=O)(=O)C(F)(F)F. The van der Waals surface area contributed by atoms with E-state index < -0.39 is 22.2 Å². The minimum Gasteiger partial charge on any atom is -0.263 e. The fraction of sp³-hybridized carbons (Fsp3) is 1.00. The molecule has 0 saturated heterocycles. The average molecular weight is 248 g/mol. The van der Waals surface area contributed by atoms with Gasteiger partial charge >= 0.3 is 15.6 Å². The molecular formula is C8H15F3O3S. The van der Waals surface area contributed by atoms with Crippen molar-refractivity contribution < 1.29 is 25.8 Å². The summed E-state index contributed by atoms with van der Waals surface area (Å²) >= 11 is 0. The van der Waals surface area contributed by atoms with Crippen LogP contribution in [0.15, 0.2) is 0 Å². The maximum absolute atomic E-state index is 11.8. The third-order valence-corrected chi connectivity index (χ3v) is 2.74. The fourth-order valence-corrected chi connectivity index (χ4v) is 1.36. The molecule has 7 heteroatoms. The summed E-state index contributed by atoms with van der Waals surface area (Å²) in [7, 11) is -5.40. The van der Waals surface area contributed by atoms with E-state index >= 15 is 0 Å². The molecule has 0 aromatic rings. The summed E-state index contributed by atoms with van der Waals surface area (Å²) in [6, 6.07) is 0. The summed E-state index contributed by atoms with van der Waals surface area (Å²) in [6.45, 7) is 3.55. The Labute approximate surface area is 87.7 Å². The topological polar surface area (TPSA) is 43.4 Å². The van der Waals surface area contributed by atoms with Gasteiger partial charge in [0.1, 0.15) is 0 Å². The summed E-state index contributed by atoms with van der Waals surface area (Å²) in [6.07, 6.45) is 1.81. The first-order valence-electron chi connectivity index (χ1n) is 4.62. The Morgan fingerprint density at radius 2 is 1.73 bits per heavy atom. The van der Waals surface area contributed by atoms with E-state index in [0.717, 1.165) is 6.42 Å². The van der Waals surface area contributed by atoms with Crippen LogP contribution in [0.2, 0.25) is 0 Å². The van der Waals surface area contributed by atoms with Gasteiger partial charge in [-0.15, -0.1) is 0 Å². The van der Waals surface area contributed by atoms with Gasteiger partial charge in [-0.2, -0.15) is 21.6 Å². The normalized spacial score (nSPS) is 13.5. The summed E-state index contributed by atoms with van der Waals surface area (Å²) in [4.78, 5) is 0. The van der Waals surface area contributed by atoms with E-state index in [1.165, 1.54) is 0 Å². The van der Waals surface area contributed by atoms with E-state index in [1.807, 2.05) is 13.8 Å². The predicted octanol–water partition coefficient (Wildman–Crippen LogP) is 2.68. The Hall–Kier alpha value is -0.300. The van der Waals surface area contributed by atoms with Gasteiger partial charge in [0.15, 0.2) is 0 Å². The molecule has 0 aromatic heterocycles. The number of hydrogen-bond acceptors (Lipinski definition) is 3. The molecular weight excluding hydrogens is 233 g/mol. The van der Waals surface area contributed by atoms with Crippen LogP contribution in [0.4, 0.5) is 13.2 Å². The lowest BCUT2D eigenvalue weighted by Crippen LogP contribution is -2.25. The van der Waals surface area contributed by atoms with Crippen LogP contribution in [-0.4, -0.2) is 20.5 Å². The largest absolute Gasteiger partial charge is 0.523 e. The van der Waals surface area contributed by atoms with Crippen molar-refractivity contribution in [2.45, 2.75) is 38.6 Å². The zero-order valence-electron chi connectivity index (χ0n) is 8.67. The van der Waals surface area contributed by atoms with Gasteiger partial charge in [0.05, 0.1) is 6.61 Å². The first-order valence-corrected chi connectivity index (χ1v) is 6.03. The van der Waals surface area contributed by atoms with Crippen molar-refractivity contribution in [2.24, 2.45) is 5.92 Å². The second kappa shape index (κ2) is 5.69. The highest BCUT2D eigenvalue weighted by Crippen LogP contribution is 2.24. The molecule has 0 bridgehead atoms. The molecule has 0 atom stereocenters. The van der Waals surface area contributed by atoms with Crippen LogP contribution in [0.3, 0.4) is 0 Å². The third-order valence-electron chi connectivity index (χ3n) is 1.70. The van der Waals surface area contributed by atoms with Crippen LogP contribution in [0.5, 0.6) is 0 Å². The minimum absolute atomic E-state index is 0.313. The molecule has 0 saturated carbocycles. The van der Waals surface area contributed by atoms with Crippen molar-refractivity contribution in [3.63, 3.8) is 0 Å². The van der Waals surface area contributed by atoms with Gasteiger partial charge in [0.25, 0.3) is 0 Å². The van der Waals surface area contributed by atoms with Gasteiger partial charge in [-0.1, -0.05) is 26.7 Å². The van der Waals surface area contributed by atoms with Gasteiger partial charge < -0.3 is 0 Å². The maximum atomic E-state index is 11.8. The Kier molecular flexibility index (Phi) is 5.58. The van der Waals surface area contributed by atoms with Crippen LogP contribution < -0.4 is 0 Å². The highest BCUT2D eigenvalue weighted by atomic mass is 32.2. The molecule has 0 rings (SSSR count). The molecule has 0 amide bonds. The smallest absolute Gasteiger partial charge is 0.263 e. The van der Waals surface area contributed by atoms with Crippen LogP contribution in [0.25, 0.3) is 0 Å². The first kappa shape index (κ1) is 14.7. The standard InChI is InChI=1S/C8H15F3O3S/c1-7(2)5-3-4-6-14-15(12,13)8(9,10)11/h7H,3-6H2,1-2H3. The minimum atomic E-state index is -5.40. The third kappa shape index (κ3) is 5.99. The molecule has 0 N–H and O–H groups in total. The van der Waals surface area contributed by atoms with E-state index in [4.69, 9.17) is 0 Å². The number of alkyl halides is 3. The Bertz CT molecular complexity index is 269. The second-order valence-corrected chi connectivity index (χ2v) is 5.22. The molecule has 0 heterocycles. The molecule has 0 aromatic carbocycles. The Morgan fingerprint density at radius 3 is 2.13 bits per heavy atom. The Morgan fingerprint density at radius 1 is 1.20 bits per heavy atom. The molecule has 3 nitrogen and oxygen atoms in total. The zero-order valence-corrected chi connectivity index (χ0v) is 9.49. The highest BCUT2D eigenvalue weighted by Gasteiger charge is 2.47. The predicted molar refractivity (Wildman–Crippen MR) is 49.6 cm³/mol. The van der Waals surface area contributed by atoms with Gasteiger partial charge in [0, 0.05) is 0 Å². The van der Waals surface area contributed by atoms with Crippen LogP contribution >= 0.6 is 0 Å². The van der Waals surface area contributed by atoms with Crippen molar-refractivity contribution in [1.82, 2.24) is 0 Å². The lowest BCUT2D eigenvalue weighted by Gasteiger charge is -2.08. The zero-order chi connectivity index (χ0) is 12.1. The van der Waals surface area contributed by atoms with E-state index in [1.54, 1.807) is 0 Å². The number of halogens is 3. The molecule has 0 aliphatic carbocycles. The molecule has 0 unspecified atom stereocenters. The van der Waals surface area contributed by atoms with Gasteiger partial charge in [-0.3, -0.25) is 4.18 Å². The maximum Gasteiger partial charge on any atom is 0.523 e. The quantitative estimate of drug-likeness (QED) is 0.412. The fourth-order valence-electron chi connectivity index (χ4n) is 0.890. The number of unbranched alkanes of at least 4 members (excludes halogenated alkanes) is 1.